The molecule has 5 nitrogen and oxygen atoms in total. The number of carbonyl (C=O) groups is 2. The smallest absolute Gasteiger partial charge is 0.244 e. The topological polar surface area (TPSA) is 65.2 Å². The van der Waals surface area contributed by atoms with E-state index in [2.05, 4.69) is 10.3 Å². The van der Waals surface area contributed by atoms with Gasteiger partial charge in [0, 0.05) is 34.9 Å². The van der Waals surface area contributed by atoms with E-state index in [9.17, 15) is 9.59 Å². The number of nitrogens with one attached hydrogen (secondary N) is 2. The second kappa shape index (κ2) is 6.53. The maximum absolute atomic E-state index is 12.6. The van der Waals surface area contributed by atoms with Crippen molar-refractivity contribution < 1.29 is 9.59 Å². The fourth-order valence-electron chi connectivity index (χ4n) is 3.35. The molecule has 1 unspecified atom stereocenters. The van der Waals surface area contributed by atoms with Crippen LogP contribution in [0.2, 0.25) is 0 Å². The molecule has 4 rings (SSSR count). The number of ketones is 1. The van der Waals surface area contributed by atoms with Crippen LogP contribution in [0.1, 0.15) is 16.8 Å². The van der Waals surface area contributed by atoms with E-state index in [4.69, 9.17) is 0 Å². The minimum Gasteiger partial charge on any atom is -0.360 e. The largest absolute Gasteiger partial charge is 0.360 e. The van der Waals surface area contributed by atoms with Gasteiger partial charge in [0.15, 0.2) is 5.78 Å². The van der Waals surface area contributed by atoms with Crippen LogP contribution in [-0.4, -0.2) is 35.8 Å². The first kappa shape index (κ1) is 15.6. The van der Waals surface area contributed by atoms with Crippen LogP contribution in [0.4, 0.5) is 5.69 Å². The van der Waals surface area contributed by atoms with E-state index in [-0.39, 0.29) is 24.3 Å². The van der Waals surface area contributed by atoms with Gasteiger partial charge in [0.1, 0.15) is 0 Å². The molecule has 1 aliphatic rings. The van der Waals surface area contributed by atoms with Gasteiger partial charge in [0.2, 0.25) is 5.91 Å². The van der Waals surface area contributed by atoms with Gasteiger partial charge in [-0.15, -0.1) is 0 Å². The third-order valence-electron chi connectivity index (χ3n) is 4.67. The van der Waals surface area contributed by atoms with Gasteiger partial charge in [-0.05, 0) is 24.6 Å². The number of H-pyrrole nitrogens is 1. The van der Waals surface area contributed by atoms with E-state index < -0.39 is 0 Å². The van der Waals surface area contributed by atoms with Crippen molar-refractivity contribution in [3.63, 3.8) is 0 Å². The van der Waals surface area contributed by atoms with Crippen molar-refractivity contribution in [3.8, 4) is 0 Å². The summed E-state index contributed by atoms with van der Waals surface area (Å²) in [6, 6.07) is 17.0. The molecule has 0 aliphatic carbocycles. The van der Waals surface area contributed by atoms with Gasteiger partial charge in [-0.25, -0.2) is 0 Å². The van der Waals surface area contributed by atoms with Crippen LogP contribution < -0.4 is 10.2 Å². The highest BCUT2D eigenvalue weighted by molar-refractivity contribution is 6.09. The average Bonchev–Trinajstić information content (AvgIpc) is 3.24. The van der Waals surface area contributed by atoms with Crippen LogP contribution in [0.15, 0.2) is 60.8 Å². The van der Waals surface area contributed by atoms with Gasteiger partial charge >= 0.3 is 0 Å². The number of hydrogen-bond donors (Lipinski definition) is 2. The third-order valence-corrected chi connectivity index (χ3v) is 4.67. The van der Waals surface area contributed by atoms with Crippen LogP contribution in [0.3, 0.4) is 0 Å². The summed E-state index contributed by atoms with van der Waals surface area (Å²) in [4.78, 5) is 30.0. The number of Topliss-reactive ketones (excluding diaryl/α,β-unsaturated/α-hetero) is 1. The molecule has 0 spiro atoms. The number of nitrogens with zero attached hydrogens (tertiary/aromatic N) is 1. The number of para-hydroxylation sites is 2. The normalized spacial score (nSPS) is 17.4. The van der Waals surface area contributed by atoms with Crippen LogP contribution in [-0.2, 0) is 4.79 Å². The Balaban J connectivity index is 1.42. The van der Waals surface area contributed by atoms with Crippen molar-refractivity contribution in [2.24, 2.45) is 0 Å². The molecule has 1 atom stereocenters. The Morgan fingerprint density at radius 1 is 1.12 bits per heavy atom. The van der Waals surface area contributed by atoms with Gasteiger partial charge in [0.25, 0.3) is 0 Å². The summed E-state index contributed by atoms with van der Waals surface area (Å²) in [5.74, 6) is 0.0151. The zero-order chi connectivity index (χ0) is 17.2. The second-order valence-corrected chi connectivity index (χ2v) is 6.22. The predicted molar refractivity (Wildman–Crippen MR) is 97.8 cm³/mol. The first-order valence-electron chi connectivity index (χ1n) is 8.43. The highest BCUT2D eigenvalue weighted by Gasteiger charge is 2.32. The van der Waals surface area contributed by atoms with Gasteiger partial charge < -0.3 is 9.88 Å². The standard InChI is InChI=1S/C20H19N3O2/c24-19(16-12-21-17-9-5-4-8-15(16)17)13-22-18-10-11-23(20(18)25)14-6-2-1-3-7-14/h1-9,12,18,21-22H,10-11,13H2. The molecule has 1 saturated heterocycles. The van der Waals surface area contributed by atoms with Crippen molar-refractivity contribution in [3.05, 3.63) is 66.4 Å². The van der Waals surface area contributed by atoms with E-state index in [0.29, 0.717) is 18.5 Å². The molecular formula is C20H19N3O2. The minimum atomic E-state index is -0.311. The van der Waals surface area contributed by atoms with Crippen LogP contribution >= 0.6 is 0 Å². The highest BCUT2D eigenvalue weighted by atomic mass is 16.2. The fraction of sp³-hybridized carbons (Fsp3) is 0.200. The third kappa shape index (κ3) is 2.94. The van der Waals surface area contributed by atoms with Crippen LogP contribution in [0.25, 0.3) is 10.9 Å². The zero-order valence-electron chi connectivity index (χ0n) is 13.7. The van der Waals surface area contributed by atoms with Gasteiger partial charge in [0.05, 0.1) is 12.6 Å². The van der Waals surface area contributed by atoms with E-state index in [0.717, 1.165) is 16.6 Å². The lowest BCUT2D eigenvalue weighted by molar-refractivity contribution is -0.118. The van der Waals surface area contributed by atoms with E-state index in [1.807, 2.05) is 54.6 Å². The van der Waals surface area contributed by atoms with Crippen LogP contribution in [0, 0.1) is 0 Å². The molecule has 1 amide bonds. The molecule has 126 valence electrons. The maximum Gasteiger partial charge on any atom is 0.244 e. The Morgan fingerprint density at radius 3 is 2.72 bits per heavy atom. The fourth-order valence-corrected chi connectivity index (χ4v) is 3.35. The van der Waals surface area contributed by atoms with E-state index in [1.54, 1.807) is 11.1 Å². The quantitative estimate of drug-likeness (QED) is 0.706. The molecule has 25 heavy (non-hydrogen) atoms. The van der Waals surface area contributed by atoms with E-state index >= 15 is 0 Å². The molecule has 5 heteroatoms. The second-order valence-electron chi connectivity index (χ2n) is 6.22. The Hall–Kier alpha value is -2.92. The summed E-state index contributed by atoms with van der Waals surface area (Å²) >= 11 is 0. The lowest BCUT2D eigenvalue weighted by Gasteiger charge is -2.17. The van der Waals surface area contributed by atoms with Crippen molar-refractivity contribution in [2.75, 3.05) is 18.0 Å². The van der Waals surface area contributed by atoms with Crippen molar-refractivity contribution in [1.82, 2.24) is 10.3 Å². The van der Waals surface area contributed by atoms with Crippen molar-refractivity contribution in [2.45, 2.75) is 12.5 Å². The SMILES string of the molecule is O=C(CNC1CCN(c2ccccc2)C1=O)c1c[nH]c2ccccc12. The van der Waals surface area contributed by atoms with Crippen molar-refractivity contribution in [1.29, 1.82) is 0 Å². The molecule has 3 aromatic rings. The Labute approximate surface area is 145 Å². The number of hydrogen-bond acceptors (Lipinski definition) is 3. The van der Waals surface area contributed by atoms with Gasteiger partial charge in [-0.2, -0.15) is 0 Å². The Bertz CT molecular complexity index is 917. The molecule has 0 bridgehead atoms. The Morgan fingerprint density at radius 2 is 1.88 bits per heavy atom. The first-order valence-corrected chi connectivity index (χ1v) is 8.43. The number of anilines is 1. The number of amides is 1. The summed E-state index contributed by atoms with van der Waals surface area (Å²) in [5, 5.41) is 4.04. The molecule has 1 aromatic heterocycles. The summed E-state index contributed by atoms with van der Waals surface area (Å²) in [5.41, 5.74) is 2.51. The maximum atomic E-state index is 12.6. The summed E-state index contributed by atoms with van der Waals surface area (Å²) < 4.78 is 0. The summed E-state index contributed by atoms with van der Waals surface area (Å²) in [6.45, 7) is 0.822. The zero-order valence-corrected chi connectivity index (χ0v) is 13.7. The van der Waals surface area contributed by atoms with Gasteiger partial charge in [-0.1, -0.05) is 36.4 Å². The molecule has 1 fully saturated rings. The molecule has 0 radical (unpaired) electrons. The molecule has 2 N–H and O–H groups in total. The number of benzene rings is 2. The molecule has 1 aliphatic heterocycles. The summed E-state index contributed by atoms with van der Waals surface area (Å²) in [7, 11) is 0. The number of aromatic nitrogens is 1. The number of fused-ring (bicyclic) bond motifs is 1. The van der Waals surface area contributed by atoms with Crippen molar-refractivity contribution >= 4 is 28.3 Å². The number of rotatable bonds is 5. The van der Waals surface area contributed by atoms with E-state index in [1.165, 1.54) is 0 Å². The number of aromatic amines is 1. The van der Waals surface area contributed by atoms with Gasteiger partial charge in [-0.3, -0.25) is 14.9 Å². The lowest BCUT2D eigenvalue weighted by Crippen LogP contribution is -2.40. The molecule has 2 aromatic carbocycles. The average molecular weight is 333 g/mol. The first-order chi connectivity index (χ1) is 12.2. The lowest BCUT2D eigenvalue weighted by atomic mass is 10.1. The molecule has 2 heterocycles. The monoisotopic (exact) mass is 333 g/mol. The van der Waals surface area contributed by atoms with Crippen LogP contribution in [0.5, 0.6) is 0 Å². The Kier molecular flexibility index (Phi) is 4.07. The number of carbonyl (C=O) groups excluding carboxylic acids is 2. The molecular weight excluding hydrogens is 314 g/mol. The highest BCUT2D eigenvalue weighted by Crippen LogP contribution is 2.21. The molecule has 0 saturated carbocycles. The minimum absolute atomic E-state index is 0.0107. The summed E-state index contributed by atoms with van der Waals surface area (Å²) in [6.07, 6.45) is 2.44. The predicted octanol–water partition coefficient (Wildman–Crippen LogP) is 2.75.